The molecular formula is C66H42N2O. The van der Waals surface area contributed by atoms with Crippen LogP contribution in [0.1, 0.15) is 0 Å². The lowest BCUT2D eigenvalue weighted by atomic mass is 9.94. The van der Waals surface area contributed by atoms with Crippen LogP contribution in [0, 0.1) is 0 Å². The van der Waals surface area contributed by atoms with Gasteiger partial charge in [-0.25, -0.2) is 0 Å². The molecule has 14 aromatic rings. The first-order valence-corrected chi connectivity index (χ1v) is 23.7. The average Bonchev–Trinajstić information content (AvgIpc) is 3.98. The molecule has 0 fully saturated rings. The van der Waals surface area contributed by atoms with Gasteiger partial charge >= 0.3 is 0 Å². The molecule has 14 rings (SSSR count). The van der Waals surface area contributed by atoms with Crippen molar-refractivity contribution in [1.82, 2.24) is 4.57 Å². The summed E-state index contributed by atoms with van der Waals surface area (Å²) in [5.74, 6) is 0. The highest BCUT2D eigenvalue weighted by Crippen LogP contribution is 2.46. The van der Waals surface area contributed by atoms with E-state index in [9.17, 15) is 0 Å². The summed E-state index contributed by atoms with van der Waals surface area (Å²) in [6.07, 6.45) is 0. The molecule has 0 aliphatic carbocycles. The Labute approximate surface area is 399 Å². The van der Waals surface area contributed by atoms with Gasteiger partial charge in [0.1, 0.15) is 11.2 Å². The van der Waals surface area contributed by atoms with Crippen molar-refractivity contribution in [3.8, 4) is 39.1 Å². The topological polar surface area (TPSA) is 21.3 Å². The molecule has 2 heterocycles. The number of hydrogen-bond acceptors (Lipinski definition) is 2. The predicted octanol–water partition coefficient (Wildman–Crippen LogP) is 18.6. The van der Waals surface area contributed by atoms with Gasteiger partial charge < -0.3 is 13.9 Å². The molecule has 0 unspecified atom stereocenters. The van der Waals surface area contributed by atoms with E-state index in [1.807, 2.05) is 0 Å². The van der Waals surface area contributed by atoms with Crippen LogP contribution >= 0.6 is 0 Å². The first-order chi connectivity index (χ1) is 34.2. The molecule has 0 bridgehead atoms. The van der Waals surface area contributed by atoms with Crippen LogP contribution in [0.25, 0.3) is 115 Å². The van der Waals surface area contributed by atoms with E-state index in [0.29, 0.717) is 0 Å². The fraction of sp³-hybridized carbons (Fsp3) is 0. The third kappa shape index (κ3) is 6.36. The van der Waals surface area contributed by atoms with Crippen LogP contribution in [0.4, 0.5) is 17.1 Å². The Balaban J connectivity index is 0.894. The maximum atomic E-state index is 6.75. The zero-order valence-corrected chi connectivity index (χ0v) is 37.6. The maximum Gasteiger partial charge on any atom is 0.143 e. The van der Waals surface area contributed by atoms with Crippen molar-refractivity contribution >= 4 is 93.1 Å². The Morgan fingerprint density at radius 3 is 1.71 bits per heavy atom. The van der Waals surface area contributed by atoms with Crippen LogP contribution in [0.3, 0.4) is 0 Å². The standard InChI is InChI=1S/C66H42N2O/c1-3-14-43(15-4-1)53-19-9-10-20-54(53)45-28-33-51(34-29-45)67(63-24-13-25-64-65(63)59-37-30-44-16-7-8-21-57(44)66(59)69-64)52-35-38-56-49(41-52)27-26-48-40-46(31-36-55(48)56)47-32-39-62-60(42-47)58-22-11-12-23-61(58)68(62)50-17-5-2-6-18-50/h1-42H. The van der Waals surface area contributed by atoms with Crippen LogP contribution in [-0.4, -0.2) is 4.57 Å². The SMILES string of the molecule is c1ccc(-c2ccccc2-c2ccc(N(c3ccc4c(ccc5cc(-c6ccc7c(c6)c6ccccc6n7-c6ccccc6)ccc54)c3)c3cccc4oc5c6ccccc6ccc5c34)cc2)cc1. The molecule has 3 heteroatoms. The Morgan fingerprint density at radius 2 is 0.899 bits per heavy atom. The Bertz CT molecular complexity index is 4300. The van der Waals surface area contributed by atoms with Crippen molar-refractivity contribution in [3.05, 3.63) is 255 Å². The van der Waals surface area contributed by atoms with E-state index >= 15 is 0 Å². The highest BCUT2D eigenvalue weighted by Gasteiger charge is 2.22. The fourth-order valence-electron chi connectivity index (χ4n) is 10.9. The van der Waals surface area contributed by atoms with E-state index in [1.165, 1.54) is 82.4 Å². The summed E-state index contributed by atoms with van der Waals surface area (Å²) in [6.45, 7) is 0. The molecule has 2 aromatic heterocycles. The summed E-state index contributed by atoms with van der Waals surface area (Å²) in [4.78, 5) is 2.40. The Hall–Kier alpha value is -9.18. The minimum absolute atomic E-state index is 0.862. The average molecular weight is 879 g/mol. The zero-order chi connectivity index (χ0) is 45.4. The number of anilines is 3. The molecule has 0 saturated carbocycles. The highest BCUT2D eigenvalue weighted by atomic mass is 16.3. The van der Waals surface area contributed by atoms with Crippen LogP contribution < -0.4 is 4.90 Å². The normalized spacial score (nSPS) is 11.8. The number of hydrogen-bond donors (Lipinski definition) is 0. The number of rotatable bonds is 7. The second kappa shape index (κ2) is 15.7. The van der Waals surface area contributed by atoms with Crippen LogP contribution in [0.15, 0.2) is 259 Å². The summed E-state index contributed by atoms with van der Waals surface area (Å²) in [5, 5.41) is 11.8. The van der Waals surface area contributed by atoms with Gasteiger partial charge in [-0.3, -0.25) is 0 Å². The van der Waals surface area contributed by atoms with Crippen LogP contribution in [0.2, 0.25) is 0 Å². The molecule has 3 nitrogen and oxygen atoms in total. The Kier molecular flexibility index (Phi) is 8.90. The van der Waals surface area contributed by atoms with E-state index < -0.39 is 0 Å². The molecule has 0 amide bonds. The number of aromatic nitrogens is 1. The third-order valence-electron chi connectivity index (χ3n) is 14.2. The lowest BCUT2D eigenvalue weighted by Gasteiger charge is -2.27. The molecule has 0 aliphatic heterocycles. The number of furan rings is 1. The van der Waals surface area contributed by atoms with E-state index in [-0.39, 0.29) is 0 Å². The molecule has 0 radical (unpaired) electrons. The minimum Gasteiger partial charge on any atom is -0.455 e. The summed E-state index contributed by atoms with van der Waals surface area (Å²) in [6, 6.07) is 92.4. The number of fused-ring (bicyclic) bond motifs is 11. The summed E-state index contributed by atoms with van der Waals surface area (Å²) in [5.41, 5.74) is 15.7. The minimum atomic E-state index is 0.862. The number of nitrogens with zero attached hydrogens (tertiary/aromatic N) is 2. The first-order valence-electron chi connectivity index (χ1n) is 23.7. The molecule has 0 N–H and O–H groups in total. The molecule has 0 spiro atoms. The molecule has 0 saturated heterocycles. The molecule has 0 atom stereocenters. The second-order valence-corrected chi connectivity index (χ2v) is 18.0. The summed E-state index contributed by atoms with van der Waals surface area (Å²) in [7, 11) is 0. The van der Waals surface area contributed by atoms with Crippen molar-refractivity contribution in [2.24, 2.45) is 0 Å². The molecule has 0 aliphatic rings. The second-order valence-electron chi connectivity index (χ2n) is 18.0. The van der Waals surface area contributed by atoms with Gasteiger partial charge in [0.2, 0.25) is 0 Å². The lowest BCUT2D eigenvalue weighted by molar-refractivity contribution is 0.672. The molecule has 69 heavy (non-hydrogen) atoms. The first kappa shape index (κ1) is 39.0. The lowest BCUT2D eigenvalue weighted by Crippen LogP contribution is -2.10. The Morgan fingerprint density at radius 1 is 0.319 bits per heavy atom. The third-order valence-corrected chi connectivity index (χ3v) is 14.2. The van der Waals surface area contributed by atoms with Crippen molar-refractivity contribution in [3.63, 3.8) is 0 Å². The highest BCUT2D eigenvalue weighted by molar-refractivity contribution is 6.20. The monoisotopic (exact) mass is 878 g/mol. The maximum absolute atomic E-state index is 6.75. The quantitative estimate of drug-likeness (QED) is 0.149. The van der Waals surface area contributed by atoms with Crippen molar-refractivity contribution in [2.75, 3.05) is 4.90 Å². The van der Waals surface area contributed by atoms with E-state index in [2.05, 4.69) is 264 Å². The van der Waals surface area contributed by atoms with Gasteiger partial charge in [0.15, 0.2) is 0 Å². The van der Waals surface area contributed by atoms with Crippen LogP contribution in [-0.2, 0) is 0 Å². The number of para-hydroxylation sites is 2. The van der Waals surface area contributed by atoms with Gasteiger partial charge in [0, 0.05) is 38.6 Å². The van der Waals surface area contributed by atoms with E-state index in [4.69, 9.17) is 4.42 Å². The van der Waals surface area contributed by atoms with Gasteiger partial charge in [-0.15, -0.1) is 0 Å². The molecule has 12 aromatic carbocycles. The summed E-state index contributed by atoms with van der Waals surface area (Å²) < 4.78 is 9.12. The number of benzene rings is 12. The fourth-order valence-corrected chi connectivity index (χ4v) is 10.9. The van der Waals surface area contributed by atoms with Crippen molar-refractivity contribution < 1.29 is 4.42 Å². The van der Waals surface area contributed by atoms with Crippen molar-refractivity contribution in [1.29, 1.82) is 0 Å². The summed E-state index contributed by atoms with van der Waals surface area (Å²) >= 11 is 0. The van der Waals surface area contributed by atoms with Gasteiger partial charge in [-0.2, -0.15) is 0 Å². The molecular weight excluding hydrogens is 837 g/mol. The zero-order valence-electron chi connectivity index (χ0n) is 37.6. The van der Waals surface area contributed by atoms with Gasteiger partial charge in [0.25, 0.3) is 0 Å². The smallest absolute Gasteiger partial charge is 0.143 e. The van der Waals surface area contributed by atoms with Gasteiger partial charge in [-0.05, 0) is 139 Å². The van der Waals surface area contributed by atoms with E-state index in [0.717, 1.165) is 49.8 Å². The predicted molar refractivity (Wildman–Crippen MR) is 292 cm³/mol. The van der Waals surface area contributed by atoms with Gasteiger partial charge in [-0.1, -0.05) is 176 Å². The molecule has 322 valence electrons. The van der Waals surface area contributed by atoms with Gasteiger partial charge in [0.05, 0.1) is 22.1 Å². The van der Waals surface area contributed by atoms with Crippen molar-refractivity contribution in [2.45, 2.75) is 0 Å². The largest absolute Gasteiger partial charge is 0.455 e. The van der Waals surface area contributed by atoms with Crippen LogP contribution in [0.5, 0.6) is 0 Å². The van der Waals surface area contributed by atoms with E-state index in [1.54, 1.807) is 0 Å².